The van der Waals surface area contributed by atoms with Crippen LogP contribution in [0.1, 0.15) is 0 Å². The first-order valence-electron chi connectivity index (χ1n) is 19.2. The summed E-state index contributed by atoms with van der Waals surface area (Å²) in [6, 6.07) is 66.3. The SMILES string of the molecule is c1ccc2cc3c(cc2c1)oc1cc2c4ccc(-c5ccc6oc7ccc(-c8ccc9ccc%10ccccc%10c9c8)cc7c6c5)cc4c4ccccc4c2cc13. The number of hydrogen-bond acceptors (Lipinski definition) is 2. The highest BCUT2D eigenvalue weighted by atomic mass is 16.3. The Morgan fingerprint density at radius 3 is 1.32 bits per heavy atom. The van der Waals surface area contributed by atoms with Crippen LogP contribution in [0.3, 0.4) is 0 Å². The van der Waals surface area contributed by atoms with Crippen molar-refractivity contribution in [3.8, 4) is 22.3 Å². The molecule has 0 amide bonds. The van der Waals surface area contributed by atoms with Gasteiger partial charge in [0.15, 0.2) is 0 Å². The van der Waals surface area contributed by atoms with Crippen LogP contribution in [0.4, 0.5) is 0 Å². The molecule has 0 saturated heterocycles. The molecule has 0 bridgehead atoms. The predicted octanol–water partition coefficient (Wildman–Crippen LogP) is 15.7. The molecule has 2 heteroatoms. The summed E-state index contributed by atoms with van der Waals surface area (Å²) < 4.78 is 13.0. The summed E-state index contributed by atoms with van der Waals surface area (Å²) in [7, 11) is 0. The fourth-order valence-electron chi connectivity index (χ4n) is 9.41. The first kappa shape index (κ1) is 30.0. The Kier molecular flexibility index (Phi) is 5.92. The molecule has 11 aromatic carbocycles. The van der Waals surface area contributed by atoms with Crippen LogP contribution in [0.2, 0.25) is 0 Å². The van der Waals surface area contributed by atoms with Crippen LogP contribution >= 0.6 is 0 Å². The second kappa shape index (κ2) is 11.1. The lowest BCUT2D eigenvalue weighted by Crippen LogP contribution is -1.85. The fourth-order valence-corrected chi connectivity index (χ4v) is 9.41. The van der Waals surface area contributed by atoms with Crippen molar-refractivity contribution in [2.45, 2.75) is 0 Å². The summed E-state index contributed by atoms with van der Waals surface area (Å²) in [5, 5.41) is 19.4. The molecule has 2 heterocycles. The van der Waals surface area contributed by atoms with Gasteiger partial charge in [0, 0.05) is 21.5 Å². The average molecular weight is 711 g/mol. The minimum atomic E-state index is 0.894. The first-order chi connectivity index (χ1) is 27.7. The molecule has 0 aliphatic rings. The van der Waals surface area contributed by atoms with E-state index in [0.29, 0.717) is 0 Å². The van der Waals surface area contributed by atoms with E-state index in [-0.39, 0.29) is 0 Å². The molecule has 0 N–H and O–H groups in total. The van der Waals surface area contributed by atoms with Crippen molar-refractivity contribution in [2.75, 3.05) is 0 Å². The fraction of sp³-hybridized carbons (Fsp3) is 0. The van der Waals surface area contributed by atoms with E-state index in [9.17, 15) is 0 Å². The molecule has 0 radical (unpaired) electrons. The van der Waals surface area contributed by atoms with Crippen LogP contribution in [-0.2, 0) is 0 Å². The van der Waals surface area contributed by atoms with Crippen LogP contribution in [0.25, 0.3) is 131 Å². The van der Waals surface area contributed by atoms with Gasteiger partial charge in [-0.1, -0.05) is 121 Å². The average Bonchev–Trinajstić information content (AvgIpc) is 3.81. The number of hydrogen-bond donors (Lipinski definition) is 0. The van der Waals surface area contributed by atoms with Gasteiger partial charge >= 0.3 is 0 Å². The predicted molar refractivity (Wildman–Crippen MR) is 237 cm³/mol. The first-order valence-corrected chi connectivity index (χ1v) is 19.2. The number of benzene rings is 11. The highest BCUT2D eigenvalue weighted by Crippen LogP contribution is 2.43. The molecule has 2 nitrogen and oxygen atoms in total. The van der Waals surface area contributed by atoms with E-state index in [1.165, 1.54) is 81.3 Å². The van der Waals surface area contributed by atoms with E-state index in [0.717, 1.165) is 49.4 Å². The molecule has 0 fully saturated rings. The number of rotatable bonds is 2. The van der Waals surface area contributed by atoms with E-state index >= 15 is 0 Å². The van der Waals surface area contributed by atoms with E-state index < -0.39 is 0 Å². The lowest BCUT2D eigenvalue weighted by Gasteiger charge is -2.12. The van der Waals surface area contributed by atoms with Gasteiger partial charge < -0.3 is 8.83 Å². The van der Waals surface area contributed by atoms with Crippen LogP contribution in [0.15, 0.2) is 191 Å². The van der Waals surface area contributed by atoms with Crippen molar-refractivity contribution in [2.24, 2.45) is 0 Å². The summed E-state index contributed by atoms with van der Waals surface area (Å²) in [6.45, 7) is 0. The second-order valence-corrected chi connectivity index (χ2v) is 15.2. The molecule has 0 aliphatic heterocycles. The number of furan rings is 2. The maximum absolute atomic E-state index is 6.55. The Labute approximate surface area is 320 Å². The largest absolute Gasteiger partial charge is 0.456 e. The standard InChI is InChI=1S/C54H30O2/c1-2-9-34-28-53-49(25-33(34)8-1)50-29-45-41-12-6-5-11-40(41)44-24-36(17-20-42(44)46(45)30-54(50)56-53)38-19-22-52-48(27-38)47-26-37(18-21-51(47)55-52)35-16-15-32-14-13-31-7-3-4-10-39(31)43(32)23-35/h1-30H. The van der Waals surface area contributed by atoms with Crippen molar-refractivity contribution in [3.05, 3.63) is 182 Å². The Morgan fingerprint density at radius 2 is 0.607 bits per heavy atom. The minimum Gasteiger partial charge on any atom is -0.456 e. The molecule has 0 unspecified atom stereocenters. The summed E-state index contributed by atoms with van der Waals surface area (Å²) in [6.07, 6.45) is 0. The zero-order valence-electron chi connectivity index (χ0n) is 30.1. The van der Waals surface area contributed by atoms with Crippen molar-refractivity contribution in [1.29, 1.82) is 0 Å². The van der Waals surface area contributed by atoms with Crippen LogP contribution in [-0.4, -0.2) is 0 Å². The Balaban J connectivity index is 0.974. The normalized spacial score (nSPS) is 12.3. The van der Waals surface area contributed by atoms with Gasteiger partial charge in [0.2, 0.25) is 0 Å². The van der Waals surface area contributed by atoms with Crippen molar-refractivity contribution < 1.29 is 8.83 Å². The highest BCUT2D eigenvalue weighted by Gasteiger charge is 2.16. The maximum atomic E-state index is 6.55. The third-order valence-electron chi connectivity index (χ3n) is 12.2. The Morgan fingerprint density at radius 1 is 0.196 bits per heavy atom. The molecule has 0 atom stereocenters. The molecular formula is C54H30O2. The van der Waals surface area contributed by atoms with Crippen molar-refractivity contribution in [1.82, 2.24) is 0 Å². The van der Waals surface area contributed by atoms with E-state index in [2.05, 4.69) is 182 Å². The molecule has 2 aromatic heterocycles. The van der Waals surface area contributed by atoms with Crippen LogP contribution in [0, 0.1) is 0 Å². The van der Waals surface area contributed by atoms with Crippen LogP contribution in [0.5, 0.6) is 0 Å². The monoisotopic (exact) mass is 710 g/mol. The van der Waals surface area contributed by atoms with Gasteiger partial charge in [-0.15, -0.1) is 0 Å². The van der Waals surface area contributed by atoms with Gasteiger partial charge in [0.1, 0.15) is 22.3 Å². The van der Waals surface area contributed by atoms with Gasteiger partial charge in [-0.3, -0.25) is 0 Å². The quantitative estimate of drug-likeness (QED) is 0.167. The second-order valence-electron chi connectivity index (χ2n) is 15.2. The summed E-state index contributed by atoms with van der Waals surface area (Å²) in [5.41, 5.74) is 8.33. The van der Waals surface area contributed by atoms with Crippen molar-refractivity contribution >= 4 is 109 Å². The molecule has 258 valence electrons. The van der Waals surface area contributed by atoms with Crippen molar-refractivity contribution in [3.63, 3.8) is 0 Å². The van der Waals surface area contributed by atoms with Gasteiger partial charge in [-0.05, 0) is 148 Å². The van der Waals surface area contributed by atoms with Crippen LogP contribution < -0.4 is 0 Å². The topological polar surface area (TPSA) is 26.3 Å². The molecule has 0 spiro atoms. The molecule has 13 aromatic rings. The minimum absolute atomic E-state index is 0.894. The van der Waals surface area contributed by atoms with Gasteiger partial charge in [-0.2, -0.15) is 0 Å². The third-order valence-corrected chi connectivity index (χ3v) is 12.2. The van der Waals surface area contributed by atoms with Gasteiger partial charge in [0.05, 0.1) is 0 Å². The molecule has 0 aliphatic carbocycles. The molecule has 0 saturated carbocycles. The molecular weight excluding hydrogens is 681 g/mol. The summed E-state index contributed by atoms with van der Waals surface area (Å²) in [5.74, 6) is 0. The van der Waals surface area contributed by atoms with Gasteiger partial charge in [-0.25, -0.2) is 0 Å². The Hall–Kier alpha value is -7.42. The van der Waals surface area contributed by atoms with E-state index in [4.69, 9.17) is 8.83 Å². The Bertz CT molecular complexity index is 3820. The summed E-state index contributed by atoms with van der Waals surface area (Å²) >= 11 is 0. The zero-order chi connectivity index (χ0) is 36.5. The smallest absolute Gasteiger partial charge is 0.136 e. The van der Waals surface area contributed by atoms with Gasteiger partial charge in [0.25, 0.3) is 0 Å². The lowest BCUT2D eigenvalue weighted by atomic mass is 9.91. The highest BCUT2D eigenvalue weighted by molar-refractivity contribution is 6.29. The third kappa shape index (κ3) is 4.27. The zero-order valence-corrected chi connectivity index (χ0v) is 30.1. The van der Waals surface area contributed by atoms with E-state index in [1.54, 1.807) is 0 Å². The number of fused-ring (bicyclic) bond motifs is 16. The maximum Gasteiger partial charge on any atom is 0.136 e. The molecule has 56 heavy (non-hydrogen) atoms. The van der Waals surface area contributed by atoms with E-state index in [1.807, 2.05) is 0 Å². The summed E-state index contributed by atoms with van der Waals surface area (Å²) in [4.78, 5) is 0. The molecule has 13 rings (SSSR count). The lowest BCUT2D eigenvalue weighted by molar-refractivity contribution is 0.669.